The number of hydrogen-bond donors (Lipinski definition) is 1. The van der Waals surface area contributed by atoms with Crippen LogP contribution in [0, 0.1) is 0 Å². The van der Waals surface area contributed by atoms with Crippen LogP contribution < -0.4 is 5.73 Å². The summed E-state index contributed by atoms with van der Waals surface area (Å²) < 4.78 is 24.4. The fourth-order valence-electron chi connectivity index (χ4n) is 0.786. The van der Waals surface area contributed by atoms with Crippen LogP contribution in [0.25, 0.3) is 0 Å². The molecule has 2 nitrogen and oxygen atoms in total. The summed E-state index contributed by atoms with van der Waals surface area (Å²) in [5.74, 6) is -0.102. The molecule has 66 valence electrons. The second kappa shape index (κ2) is 3.80. The predicted molar refractivity (Wildman–Crippen MR) is 46.2 cm³/mol. The zero-order valence-electron chi connectivity index (χ0n) is 6.10. The minimum atomic E-state index is -2.56. The lowest BCUT2D eigenvalue weighted by atomic mass is 10.2. The van der Waals surface area contributed by atoms with E-state index in [0.29, 0.717) is 10.9 Å². The first-order valence-electron chi connectivity index (χ1n) is 3.23. The Labute approximate surface area is 76.9 Å². The molecule has 1 aromatic heterocycles. The standard InChI is InChI=1S/C7H7BrF2N2/c8-2-4-1-5(6(9)10)7(11)12-3-4/h1,3,6H,2H2,(H2,11,12). The fourth-order valence-corrected chi connectivity index (χ4v) is 1.09. The molecule has 0 aliphatic heterocycles. The molecule has 2 N–H and O–H groups in total. The number of hydrogen-bond acceptors (Lipinski definition) is 2. The average Bonchev–Trinajstić information content (AvgIpc) is 2.05. The van der Waals surface area contributed by atoms with E-state index >= 15 is 0 Å². The van der Waals surface area contributed by atoms with Crippen LogP contribution in [0.1, 0.15) is 17.6 Å². The molecule has 1 heterocycles. The monoisotopic (exact) mass is 236 g/mol. The molecule has 0 amide bonds. The highest BCUT2D eigenvalue weighted by atomic mass is 79.9. The number of nitrogens with zero attached hydrogens (tertiary/aromatic N) is 1. The van der Waals surface area contributed by atoms with Gasteiger partial charge < -0.3 is 5.73 Å². The molecule has 0 fully saturated rings. The minimum Gasteiger partial charge on any atom is -0.383 e. The van der Waals surface area contributed by atoms with Crippen LogP contribution in [-0.2, 0) is 5.33 Å². The van der Waals surface area contributed by atoms with E-state index in [1.165, 1.54) is 12.3 Å². The maximum absolute atomic E-state index is 12.2. The van der Waals surface area contributed by atoms with Crippen molar-refractivity contribution in [1.82, 2.24) is 4.98 Å². The summed E-state index contributed by atoms with van der Waals surface area (Å²) in [6, 6.07) is 1.35. The Balaban J connectivity index is 3.08. The molecule has 0 bridgehead atoms. The second-order valence-corrected chi connectivity index (χ2v) is 2.81. The van der Waals surface area contributed by atoms with Crippen molar-refractivity contribution in [3.05, 3.63) is 23.4 Å². The van der Waals surface area contributed by atoms with Crippen LogP contribution in [0.4, 0.5) is 14.6 Å². The van der Waals surface area contributed by atoms with Crippen molar-refractivity contribution >= 4 is 21.7 Å². The van der Waals surface area contributed by atoms with E-state index < -0.39 is 6.43 Å². The average molecular weight is 237 g/mol. The smallest absolute Gasteiger partial charge is 0.267 e. The van der Waals surface area contributed by atoms with Crippen LogP contribution in [0.15, 0.2) is 12.3 Å². The minimum absolute atomic E-state index is 0.102. The molecule has 0 spiro atoms. The van der Waals surface area contributed by atoms with Gasteiger partial charge in [-0.3, -0.25) is 0 Å². The number of halogens is 3. The normalized spacial score (nSPS) is 10.7. The number of nitrogen functional groups attached to an aromatic ring is 1. The molecule has 0 aromatic carbocycles. The van der Waals surface area contributed by atoms with Crippen molar-refractivity contribution in [3.63, 3.8) is 0 Å². The van der Waals surface area contributed by atoms with Crippen LogP contribution >= 0.6 is 15.9 Å². The van der Waals surface area contributed by atoms with Gasteiger partial charge in [-0.1, -0.05) is 15.9 Å². The molecule has 0 aliphatic rings. The summed E-state index contributed by atoms with van der Waals surface area (Å²) in [4.78, 5) is 3.64. The molecule has 5 heteroatoms. The molecule has 0 atom stereocenters. The van der Waals surface area contributed by atoms with Crippen molar-refractivity contribution in [2.45, 2.75) is 11.8 Å². The van der Waals surface area contributed by atoms with Gasteiger partial charge >= 0.3 is 0 Å². The van der Waals surface area contributed by atoms with Crippen molar-refractivity contribution < 1.29 is 8.78 Å². The summed E-state index contributed by atoms with van der Waals surface area (Å²) in [5.41, 5.74) is 5.73. The van der Waals surface area contributed by atoms with Crippen molar-refractivity contribution in [3.8, 4) is 0 Å². The van der Waals surface area contributed by atoms with Crippen molar-refractivity contribution in [2.75, 3.05) is 5.73 Å². The Hall–Kier alpha value is -0.710. The van der Waals surface area contributed by atoms with Gasteiger partial charge in [-0.05, 0) is 11.6 Å². The third-order valence-electron chi connectivity index (χ3n) is 1.40. The molecule has 0 radical (unpaired) electrons. The maximum atomic E-state index is 12.2. The SMILES string of the molecule is Nc1ncc(CBr)cc1C(F)F. The van der Waals surface area contributed by atoms with Gasteiger partial charge in [0.05, 0.1) is 5.56 Å². The first kappa shape index (κ1) is 9.38. The van der Waals surface area contributed by atoms with E-state index in [1.54, 1.807) is 0 Å². The third-order valence-corrected chi connectivity index (χ3v) is 2.04. The Morgan fingerprint density at radius 2 is 2.25 bits per heavy atom. The largest absolute Gasteiger partial charge is 0.383 e. The maximum Gasteiger partial charge on any atom is 0.267 e. The summed E-state index contributed by atoms with van der Waals surface area (Å²) in [6.07, 6.45) is -1.09. The number of aromatic nitrogens is 1. The first-order valence-corrected chi connectivity index (χ1v) is 4.35. The van der Waals surface area contributed by atoms with Crippen LogP contribution in [0.3, 0.4) is 0 Å². The van der Waals surface area contributed by atoms with Crippen LogP contribution in [0.2, 0.25) is 0 Å². The Bertz CT molecular complexity index is 278. The van der Waals surface area contributed by atoms with E-state index in [9.17, 15) is 8.78 Å². The van der Waals surface area contributed by atoms with Gasteiger partial charge in [-0.15, -0.1) is 0 Å². The molecule has 1 rings (SSSR count). The van der Waals surface area contributed by atoms with Gasteiger partial charge in [0.2, 0.25) is 0 Å². The third kappa shape index (κ3) is 1.91. The van der Waals surface area contributed by atoms with Gasteiger partial charge in [0.25, 0.3) is 6.43 Å². The fraction of sp³-hybridized carbons (Fsp3) is 0.286. The number of pyridine rings is 1. The molecule has 12 heavy (non-hydrogen) atoms. The van der Waals surface area contributed by atoms with Crippen molar-refractivity contribution in [1.29, 1.82) is 0 Å². The summed E-state index contributed by atoms with van der Waals surface area (Å²) in [7, 11) is 0. The predicted octanol–water partition coefficient (Wildman–Crippen LogP) is 2.50. The molecular weight excluding hydrogens is 230 g/mol. The zero-order chi connectivity index (χ0) is 9.14. The molecular formula is C7H7BrF2N2. The van der Waals surface area contributed by atoms with Gasteiger partial charge in [0.15, 0.2) is 0 Å². The molecule has 1 aromatic rings. The van der Waals surface area contributed by atoms with Gasteiger partial charge in [-0.25, -0.2) is 13.8 Å². The van der Waals surface area contributed by atoms with Gasteiger partial charge in [0.1, 0.15) is 5.82 Å². The van der Waals surface area contributed by atoms with Crippen molar-refractivity contribution in [2.24, 2.45) is 0 Å². The quantitative estimate of drug-likeness (QED) is 0.802. The summed E-state index contributed by atoms with van der Waals surface area (Å²) in [6.45, 7) is 0. The lowest BCUT2D eigenvalue weighted by Crippen LogP contribution is -1.99. The molecule has 0 unspecified atom stereocenters. The van der Waals surface area contributed by atoms with Crippen LogP contribution in [0.5, 0.6) is 0 Å². The molecule has 0 saturated heterocycles. The number of rotatable bonds is 2. The van der Waals surface area contributed by atoms with E-state index in [4.69, 9.17) is 5.73 Å². The zero-order valence-corrected chi connectivity index (χ0v) is 7.68. The Kier molecular flexibility index (Phi) is 2.97. The highest BCUT2D eigenvalue weighted by Crippen LogP contribution is 2.24. The Morgan fingerprint density at radius 1 is 1.58 bits per heavy atom. The number of anilines is 1. The van der Waals surface area contributed by atoms with Gasteiger partial charge in [0, 0.05) is 11.5 Å². The number of nitrogens with two attached hydrogens (primary N) is 1. The van der Waals surface area contributed by atoms with E-state index in [-0.39, 0.29) is 11.4 Å². The summed E-state index contributed by atoms with van der Waals surface area (Å²) in [5, 5.41) is 0.500. The number of alkyl halides is 3. The summed E-state index contributed by atoms with van der Waals surface area (Å²) >= 11 is 3.14. The van der Waals surface area contributed by atoms with Gasteiger partial charge in [-0.2, -0.15) is 0 Å². The van der Waals surface area contributed by atoms with Crippen LogP contribution in [-0.4, -0.2) is 4.98 Å². The van der Waals surface area contributed by atoms with E-state index in [1.807, 2.05) is 0 Å². The lowest BCUT2D eigenvalue weighted by Gasteiger charge is -2.04. The highest BCUT2D eigenvalue weighted by Gasteiger charge is 2.12. The topological polar surface area (TPSA) is 38.9 Å². The second-order valence-electron chi connectivity index (χ2n) is 2.25. The lowest BCUT2D eigenvalue weighted by molar-refractivity contribution is 0.152. The van der Waals surface area contributed by atoms with E-state index in [2.05, 4.69) is 20.9 Å². The highest BCUT2D eigenvalue weighted by molar-refractivity contribution is 9.08. The molecule has 0 saturated carbocycles. The Morgan fingerprint density at radius 3 is 2.75 bits per heavy atom. The van der Waals surface area contributed by atoms with E-state index in [0.717, 1.165) is 0 Å². The first-order chi connectivity index (χ1) is 5.65. The molecule has 0 aliphatic carbocycles.